The Kier molecular flexibility index (Phi) is 5.21. The van der Waals surface area contributed by atoms with Crippen LogP contribution in [0.25, 0.3) is 29.0 Å². The standard InChI is InChI=1S/C15H13N3.2C2H6/c1-17-13-9-3-2-4-10-14(13)18-12-8-6-5-7-11(12)16-15(17)18;2*1-2/h3-10H,2H2,1H3;2*1-2H3. The Labute approximate surface area is 132 Å². The Morgan fingerprint density at radius 2 is 1.55 bits per heavy atom. The number of aryl methyl sites for hydroxylation is 1. The number of imidazole rings is 2. The van der Waals surface area contributed by atoms with Gasteiger partial charge in [0.1, 0.15) is 0 Å². The smallest absolute Gasteiger partial charge is 0.215 e. The lowest BCUT2D eigenvalue weighted by atomic mass is 10.3. The fourth-order valence-corrected chi connectivity index (χ4v) is 2.66. The van der Waals surface area contributed by atoms with E-state index in [1.165, 1.54) is 16.9 Å². The van der Waals surface area contributed by atoms with Gasteiger partial charge in [0.05, 0.1) is 22.4 Å². The van der Waals surface area contributed by atoms with Crippen LogP contribution in [0.15, 0.2) is 36.4 Å². The fraction of sp³-hybridized carbons (Fsp3) is 0.316. The second-order valence-corrected chi connectivity index (χ2v) is 4.61. The molecule has 0 spiro atoms. The predicted octanol–water partition coefficient (Wildman–Crippen LogP) is 5.31. The van der Waals surface area contributed by atoms with Crippen molar-refractivity contribution in [2.24, 2.45) is 7.05 Å². The molecule has 0 atom stereocenters. The molecule has 0 amide bonds. The van der Waals surface area contributed by atoms with Crippen molar-refractivity contribution in [2.45, 2.75) is 34.1 Å². The summed E-state index contributed by atoms with van der Waals surface area (Å²) in [7, 11) is 2.07. The average molecular weight is 295 g/mol. The van der Waals surface area contributed by atoms with Crippen molar-refractivity contribution in [3.05, 3.63) is 47.8 Å². The molecule has 0 unspecified atom stereocenters. The van der Waals surface area contributed by atoms with Gasteiger partial charge in [0.2, 0.25) is 5.78 Å². The van der Waals surface area contributed by atoms with E-state index in [2.05, 4.69) is 58.5 Å². The summed E-state index contributed by atoms with van der Waals surface area (Å²) in [6.45, 7) is 8.00. The molecule has 0 bridgehead atoms. The molecule has 3 heteroatoms. The molecule has 2 heterocycles. The molecule has 0 radical (unpaired) electrons. The van der Waals surface area contributed by atoms with Gasteiger partial charge in [-0.2, -0.15) is 0 Å². The first-order valence-electron chi connectivity index (χ1n) is 8.15. The molecule has 0 fully saturated rings. The fourth-order valence-electron chi connectivity index (χ4n) is 2.66. The molecule has 3 nitrogen and oxygen atoms in total. The van der Waals surface area contributed by atoms with Gasteiger partial charge in [0, 0.05) is 7.05 Å². The number of rotatable bonds is 0. The van der Waals surface area contributed by atoms with Crippen molar-refractivity contribution in [3.8, 4) is 0 Å². The molecule has 1 aliphatic rings. The molecule has 0 aliphatic heterocycles. The zero-order chi connectivity index (χ0) is 16.1. The van der Waals surface area contributed by atoms with Crippen LogP contribution in [0, 0.1) is 0 Å². The molecule has 1 aromatic carbocycles. The third-order valence-electron chi connectivity index (χ3n) is 3.53. The number of allylic oxidation sites excluding steroid dienone is 2. The van der Waals surface area contributed by atoms with E-state index in [9.17, 15) is 0 Å². The third-order valence-corrected chi connectivity index (χ3v) is 3.53. The van der Waals surface area contributed by atoms with Gasteiger partial charge in [-0.1, -0.05) is 52.0 Å². The largest absolute Gasteiger partial charge is 0.313 e. The van der Waals surface area contributed by atoms with Crippen LogP contribution in [0.2, 0.25) is 0 Å². The summed E-state index contributed by atoms with van der Waals surface area (Å²) in [5, 5.41) is 0. The van der Waals surface area contributed by atoms with E-state index in [-0.39, 0.29) is 0 Å². The highest BCUT2D eigenvalue weighted by Gasteiger charge is 2.16. The predicted molar refractivity (Wildman–Crippen MR) is 97.1 cm³/mol. The molecule has 2 aromatic heterocycles. The van der Waals surface area contributed by atoms with Crippen LogP contribution < -0.4 is 0 Å². The molecule has 116 valence electrons. The number of nitrogens with zero attached hydrogens (tertiary/aromatic N) is 3. The van der Waals surface area contributed by atoms with Crippen molar-refractivity contribution in [1.29, 1.82) is 0 Å². The Morgan fingerprint density at radius 3 is 2.27 bits per heavy atom. The topological polar surface area (TPSA) is 22.2 Å². The molecule has 0 saturated heterocycles. The molecular formula is C19H25N3. The molecule has 4 rings (SSSR count). The summed E-state index contributed by atoms with van der Waals surface area (Å²) in [6.07, 6.45) is 9.73. The summed E-state index contributed by atoms with van der Waals surface area (Å²) in [5.74, 6) is 0.998. The summed E-state index contributed by atoms with van der Waals surface area (Å²) in [6, 6.07) is 8.28. The van der Waals surface area contributed by atoms with Crippen molar-refractivity contribution in [1.82, 2.24) is 14.0 Å². The highest BCUT2D eigenvalue weighted by atomic mass is 15.2. The van der Waals surface area contributed by atoms with Crippen LogP contribution in [0.1, 0.15) is 45.5 Å². The highest BCUT2D eigenvalue weighted by Crippen LogP contribution is 2.26. The molecular weight excluding hydrogens is 270 g/mol. The Hall–Kier alpha value is -2.29. The van der Waals surface area contributed by atoms with E-state index >= 15 is 0 Å². The van der Waals surface area contributed by atoms with E-state index in [4.69, 9.17) is 4.98 Å². The quantitative estimate of drug-likeness (QED) is 0.551. The Bertz CT molecular complexity index is 816. The number of hydrogen-bond acceptors (Lipinski definition) is 1. The Balaban J connectivity index is 0.000000410. The minimum absolute atomic E-state index is 0.989. The zero-order valence-corrected chi connectivity index (χ0v) is 14.2. The summed E-state index contributed by atoms with van der Waals surface area (Å²) < 4.78 is 4.39. The SMILES string of the molecule is CC.CC.Cn1c2c(n3c4ccccc4nc13)C=CCC=C2. The Morgan fingerprint density at radius 1 is 0.909 bits per heavy atom. The number of fused-ring (bicyclic) bond motifs is 5. The zero-order valence-electron chi connectivity index (χ0n) is 14.2. The lowest BCUT2D eigenvalue weighted by molar-refractivity contribution is 0.928. The minimum Gasteiger partial charge on any atom is -0.313 e. The van der Waals surface area contributed by atoms with E-state index in [0.29, 0.717) is 0 Å². The maximum atomic E-state index is 4.71. The van der Waals surface area contributed by atoms with E-state index in [0.717, 1.165) is 17.7 Å². The second-order valence-electron chi connectivity index (χ2n) is 4.61. The van der Waals surface area contributed by atoms with Crippen molar-refractivity contribution >= 4 is 29.0 Å². The summed E-state index contributed by atoms with van der Waals surface area (Å²) in [5.41, 5.74) is 4.66. The monoisotopic (exact) mass is 295 g/mol. The number of para-hydroxylation sites is 2. The van der Waals surface area contributed by atoms with Crippen molar-refractivity contribution < 1.29 is 0 Å². The maximum Gasteiger partial charge on any atom is 0.215 e. The highest BCUT2D eigenvalue weighted by molar-refractivity contribution is 5.83. The lowest BCUT2D eigenvalue weighted by Crippen LogP contribution is -1.91. The van der Waals surface area contributed by atoms with Crippen LogP contribution in [-0.2, 0) is 7.05 Å². The summed E-state index contributed by atoms with van der Waals surface area (Å²) >= 11 is 0. The van der Waals surface area contributed by atoms with E-state index in [1.807, 2.05) is 33.8 Å². The van der Waals surface area contributed by atoms with Crippen LogP contribution >= 0.6 is 0 Å². The van der Waals surface area contributed by atoms with Gasteiger partial charge < -0.3 is 4.57 Å². The number of hydrogen-bond donors (Lipinski definition) is 0. The van der Waals surface area contributed by atoms with Crippen molar-refractivity contribution in [2.75, 3.05) is 0 Å². The van der Waals surface area contributed by atoms with Gasteiger partial charge >= 0.3 is 0 Å². The molecule has 1 aliphatic carbocycles. The molecule has 0 N–H and O–H groups in total. The van der Waals surface area contributed by atoms with Crippen LogP contribution in [0.5, 0.6) is 0 Å². The second kappa shape index (κ2) is 7.12. The average Bonchev–Trinajstić information content (AvgIpc) is 2.96. The van der Waals surface area contributed by atoms with Gasteiger partial charge in [0.15, 0.2) is 0 Å². The first-order chi connectivity index (χ1) is 10.9. The molecule has 22 heavy (non-hydrogen) atoms. The molecule has 0 saturated carbocycles. The maximum absolute atomic E-state index is 4.71. The molecule has 3 aromatic rings. The van der Waals surface area contributed by atoms with Crippen molar-refractivity contribution in [3.63, 3.8) is 0 Å². The van der Waals surface area contributed by atoms with Gasteiger partial charge in [-0.15, -0.1) is 0 Å². The number of benzene rings is 1. The van der Waals surface area contributed by atoms with Gasteiger partial charge in [0.25, 0.3) is 0 Å². The lowest BCUT2D eigenvalue weighted by Gasteiger charge is -1.97. The van der Waals surface area contributed by atoms with E-state index < -0.39 is 0 Å². The normalized spacial score (nSPS) is 12.2. The summed E-state index contributed by atoms with van der Waals surface area (Å²) in [4.78, 5) is 4.71. The first-order valence-corrected chi connectivity index (χ1v) is 8.15. The third kappa shape index (κ3) is 2.47. The van der Waals surface area contributed by atoms with Gasteiger partial charge in [-0.3, -0.25) is 4.40 Å². The first kappa shape index (κ1) is 16.1. The van der Waals surface area contributed by atoms with Gasteiger partial charge in [-0.25, -0.2) is 4.98 Å². The van der Waals surface area contributed by atoms with Crippen LogP contribution in [-0.4, -0.2) is 14.0 Å². The number of aromatic nitrogens is 3. The minimum atomic E-state index is 0.989. The van der Waals surface area contributed by atoms with Crippen LogP contribution in [0.4, 0.5) is 0 Å². The van der Waals surface area contributed by atoms with E-state index in [1.54, 1.807) is 0 Å². The van der Waals surface area contributed by atoms with Gasteiger partial charge in [-0.05, 0) is 30.7 Å². The van der Waals surface area contributed by atoms with Crippen LogP contribution in [0.3, 0.4) is 0 Å².